The number of hydrogen-bond donors (Lipinski definition) is 0. The minimum absolute atomic E-state index is 0.0103. The van der Waals surface area contributed by atoms with Crippen molar-refractivity contribution < 1.29 is 23.7 Å². The Labute approximate surface area is 191 Å². The van der Waals surface area contributed by atoms with Crippen molar-refractivity contribution in [3.63, 3.8) is 0 Å². The number of methoxy groups -OCH3 is 1. The summed E-state index contributed by atoms with van der Waals surface area (Å²) < 4.78 is 21.5. The van der Waals surface area contributed by atoms with Gasteiger partial charge in [0.1, 0.15) is 11.5 Å². The predicted octanol–water partition coefficient (Wildman–Crippen LogP) is 2.61. The Morgan fingerprint density at radius 2 is 1.67 bits per heavy atom. The number of fused-ring (bicyclic) bond motifs is 1. The van der Waals surface area contributed by atoms with E-state index in [0.717, 1.165) is 34.3 Å². The van der Waals surface area contributed by atoms with E-state index in [4.69, 9.17) is 18.9 Å². The summed E-state index contributed by atoms with van der Waals surface area (Å²) in [5.74, 6) is 3.61. The van der Waals surface area contributed by atoms with Crippen LogP contribution >= 0.6 is 0 Å². The van der Waals surface area contributed by atoms with Crippen molar-refractivity contribution in [3.05, 3.63) is 54.6 Å². The summed E-state index contributed by atoms with van der Waals surface area (Å²) >= 11 is 0. The molecule has 2 aliphatic heterocycles. The van der Waals surface area contributed by atoms with Gasteiger partial charge in [0.2, 0.25) is 6.79 Å². The first-order valence-electron chi connectivity index (χ1n) is 10.7. The second-order valence-electron chi connectivity index (χ2n) is 7.68. The van der Waals surface area contributed by atoms with Crippen molar-refractivity contribution in [2.75, 3.05) is 51.6 Å². The van der Waals surface area contributed by atoms with Crippen molar-refractivity contribution in [3.8, 4) is 34.3 Å². The number of nitrogens with zero attached hydrogens (tertiary/aromatic N) is 4. The number of hydrogen-bond acceptors (Lipinski definition) is 8. The average Bonchev–Trinajstić information content (AvgIpc) is 3.36. The van der Waals surface area contributed by atoms with Crippen LogP contribution < -0.4 is 23.8 Å². The van der Waals surface area contributed by atoms with Gasteiger partial charge in [-0.15, -0.1) is 10.2 Å². The smallest absolute Gasteiger partial charge is 0.260 e. The molecule has 9 heteroatoms. The highest BCUT2D eigenvalue weighted by Gasteiger charge is 2.23. The lowest BCUT2D eigenvalue weighted by Gasteiger charge is -2.35. The quantitative estimate of drug-likeness (QED) is 0.569. The fourth-order valence-electron chi connectivity index (χ4n) is 3.80. The summed E-state index contributed by atoms with van der Waals surface area (Å²) in [5.41, 5.74) is 1.69. The maximum absolute atomic E-state index is 12.5. The highest BCUT2D eigenvalue weighted by Crippen LogP contribution is 2.35. The molecule has 0 saturated carbocycles. The van der Waals surface area contributed by atoms with Gasteiger partial charge in [0, 0.05) is 31.7 Å². The zero-order valence-electron chi connectivity index (χ0n) is 18.3. The van der Waals surface area contributed by atoms with Gasteiger partial charge in [0.05, 0.1) is 12.8 Å². The van der Waals surface area contributed by atoms with Crippen molar-refractivity contribution in [2.24, 2.45) is 0 Å². The summed E-state index contributed by atoms with van der Waals surface area (Å²) in [7, 11) is 1.61. The fourth-order valence-corrected chi connectivity index (χ4v) is 3.80. The number of amides is 1. The van der Waals surface area contributed by atoms with Crippen molar-refractivity contribution in [2.45, 2.75) is 0 Å². The zero-order chi connectivity index (χ0) is 22.6. The number of carbonyl (C=O) groups is 1. The molecular formula is C24H24N4O5. The standard InChI is InChI=1S/C24H24N4O5/c1-30-18-3-5-19(6-4-18)31-15-24(29)28-12-10-27(11-13-28)23-9-7-20(25-26-23)17-2-8-21-22(14-17)33-16-32-21/h2-9,14H,10-13,15-16H2,1H3. The highest BCUT2D eigenvalue weighted by atomic mass is 16.7. The Bertz CT molecular complexity index is 1110. The van der Waals surface area contributed by atoms with E-state index < -0.39 is 0 Å². The third-order valence-corrected chi connectivity index (χ3v) is 5.70. The summed E-state index contributed by atoms with van der Waals surface area (Å²) in [6.07, 6.45) is 0. The van der Waals surface area contributed by atoms with Gasteiger partial charge in [-0.3, -0.25) is 4.79 Å². The molecule has 170 valence electrons. The zero-order valence-corrected chi connectivity index (χ0v) is 18.3. The monoisotopic (exact) mass is 448 g/mol. The van der Waals surface area contributed by atoms with E-state index in [1.165, 1.54) is 0 Å². The van der Waals surface area contributed by atoms with Crippen LogP contribution in [-0.2, 0) is 4.79 Å². The molecule has 2 aliphatic rings. The average molecular weight is 448 g/mol. The molecule has 1 amide bonds. The molecule has 0 spiro atoms. The van der Waals surface area contributed by atoms with Gasteiger partial charge in [-0.1, -0.05) is 0 Å². The molecule has 2 aromatic carbocycles. The molecular weight excluding hydrogens is 424 g/mol. The van der Waals surface area contributed by atoms with Crippen molar-refractivity contribution in [1.29, 1.82) is 0 Å². The summed E-state index contributed by atoms with van der Waals surface area (Å²) in [4.78, 5) is 16.5. The van der Waals surface area contributed by atoms with Crippen molar-refractivity contribution in [1.82, 2.24) is 15.1 Å². The van der Waals surface area contributed by atoms with Crippen LogP contribution in [0.3, 0.4) is 0 Å². The Balaban J connectivity index is 1.13. The lowest BCUT2D eigenvalue weighted by Crippen LogP contribution is -2.50. The number of rotatable bonds is 6. The molecule has 0 bridgehead atoms. The molecule has 0 aliphatic carbocycles. The van der Waals surface area contributed by atoms with Gasteiger partial charge in [0.25, 0.3) is 5.91 Å². The molecule has 1 aromatic heterocycles. The Morgan fingerprint density at radius 3 is 2.39 bits per heavy atom. The van der Waals surface area contributed by atoms with Gasteiger partial charge in [-0.2, -0.15) is 0 Å². The molecule has 33 heavy (non-hydrogen) atoms. The predicted molar refractivity (Wildman–Crippen MR) is 121 cm³/mol. The molecule has 3 heterocycles. The van der Waals surface area contributed by atoms with E-state index in [0.29, 0.717) is 31.9 Å². The third kappa shape index (κ3) is 4.62. The maximum atomic E-state index is 12.5. The van der Waals surface area contributed by atoms with E-state index in [1.54, 1.807) is 31.4 Å². The fraction of sp³-hybridized carbons (Fsp3) is 0.292. The van der Waals surface area contributed by atoms with E-state index in [-0.39, 0.29) is 19.3 Å². The SMILES string of the molecule is COc1ccc(OCC(=O)N2CCN(c3ccc(-c4ccc5c(c4)OCO5)nn3)CC2)cc1. The van der Waals surface area contributed by atoms with Crippen LogP contribution in [0.1, 0.15) is 0 Å². The second kappa shape index (κ2) is 9.23. The van der Waals surface area contributed by atoms with Crippen LogP contribution in [0, 0.1) is 0 Å². The van der Waals surface area contributed by atoms with Crippen LogP contribution in [0.2, 0.25) is 0 Å². The lowest BCUT2D eigenvalue weighted by molar-refractivity contribution is -0.133. The van der Waals surface area contributed by atoms with Crippen LogP contribution in [0.25, 0.3) is 11.3 Å². The van der Waals surface area contributed by atoms with Crippen molar-refractivity contribution >= 4 is 11.7 Å². The topological polar surface area (TPSA) is 86.3 Å². The van der Waals surface area contributed by atoms with E-state index in [1.807, 2.05) is 35.2 Å². The van der Waals surface area contributed by atoms with Gasteiger partial charge < -0.3 is 28.7 Å². The van der Waals surface area contributed by atoms with Crippen LogP contribution in [0.5, 0.6) is 23.0 Å². The summed E-state index contributed by atoms with van der Waals surface area (Å²) in [5, 5.41) is 8.78. The molecule has 0 atom stereocenters. The lowest BCUT2D eigenvalue weighted by atomic mass is 10.1. The van der Waals surface area contributed by atoms with E-state index in [9.17, 15) is 4.79 Å². The van der Waals surface area contributed by atoms with Crippen LogP contribution in [0.4, 0.5) is 5.82 Å². The van der Waals surface area contributed by atoms with Crippen LogP contribution in [0.15, 0.2) is 54.6 Å². The molecule has 0 N–H and O–H groups in total. The Kier molecular flexibility index (Phi) is 5.84. The molecule has 1 fully saturated rings. The van der Waals surface area contributed by atoms with E-state index in [2.05, 4.69) is 15.1 Å². The van der Waals surface area contributed by atoms with Gasteiger partial charge in [-0.05, 0) is 54.6 Å². The van der Waals surface area contributed by atoms with Gasteiger partial charge in [0.15, 0.2) is 23.9 Å². The van der Waals surface area contributed by atoms with Crippen LogP contribution in [-0.4, -0.2) is 67.7 Å². The Hall–Kier alpha value is -4.01. The first-order chi connectivity index (χ1) is 16.2. The van der Waals surface area contributed by atoms with Gasteiger partial charge in [-0.25, -0.2) is 0 Å². The molecule has 1 saturated heterocycles. The molecule has 0 unspecified atom stereocenters. The molecule has 3 aromatic rings. The number of piperazine rings is 1. The minimum Gasteiger partial charge on any atom is -0.497 e. The van der Waals surface area contributed by atoms with Gasteiger partial charge >= 0.3 is 0 Å². The number of aromatic nitrogens is 2. The maximum Gasteiger partial charge on any atom is 0.260 e. The first kappa shape index (κ1) is 20.9. The normalized spacial score (nSPS) is 14.8. The first-order valence-corrected chi connectivity index (χ1v) is 10.7. The third-order valence-electron chi connectivity index (χ3n) is 5.70. The molecule has 0 radical (unpaired) electrons. The second-order valence-corrected chi connectivity index (χ2v) is 7.68. The molecule has 5 rings (SSSR count). The summed E-state index contributed by atoms with van der Waals surface area (Å²) in [6.45, 7) is 2.84. The largest absolute Gasteiger partial charge is 0.497 e. The highest BCUT2D eigenvalue weighted by molar-refractivity contribution is 5.78. The number of ether oxygens (including phenoxy) is 4. The number of carbonyl (C=O) groups excluding carboxylic acids is 1. The minimum atomic E-state index is -0.0327. The van der Waals surface area contributed by atoms with E-state index >= 15 is 0 Å². The number of benzene rings is 2. The number of anilines is 1. The molecule has 9 nitrogen and oxygen atoms in total. The Morgan fingerprint density at radius 1 is 0.909 bits per heavy atom. The summed E-state index contributed by atoms with van der Waals surface area (Å²) in [6, 6.07) is 16.8.